The summed E-state index contributed by atoms with van der Waals surface area (Å²) < 4.78 is 22.7. The van der Waals surface area contributed by atoms with Crippen LogP contribution in [0.2, 0.25) is 0 Å². The zero-order valence-electron chi connectivity index (χ0n) is 19.5. The van der Waals surface area contributed by atoms with Crippen molar-refractivity contribution in [3.63, 3.8) is 0 Å². The molecule has 1 amide bonds. The summed E-state index contributed by atoms with van der Waals surface area (Å²) in [6.45, 7) is 4.04. The van der Waals surface area contributed by atoms with E-state index in [2.05, 4.69) is 31.7 Å². The molecule has 1 aromatic carbocycles. The SMILES string of the molecule is N#Cc1c[nH]c2nc(Nc3ccc(C(=O)N4CCOCC4)c4c3OCCO4)nc(N[C@H]3CCOC3)c12. The number of H-pyrrole nitrogens is 1. The number of nitriles is 1. The number of morpholine rings is 1. The van der Waals surface area contributed by atoms with Crippen LogP contribution in [0.3, 0.4) is 0 Å². The molecule has 0 unspecified atom stereocenters. The Labute approximate surface area is 206 Å². The van der Waals surface area contributed by atoms with Crippen molar-refractivity contribution in [1.82, 2.24) is 19.9 Å². The first-order valence-corrected chi connectivity index (χ1v) is 11.9. The van der Waals surface area contributed by atoms with Gasteiger partial charge in [0, 0.05) is 25.9 Å². The number of nitrogens with one attached hydrogen (secondary N) is 3. The molecule has 3 aliphatic heterocycles. The number of nitrogens with zero attached hydrogens (tertiary/aromatic N) is 4. The van der Waals surface area contributed by atoms with Crippen LogP contribution in [0.15, 0.2) is 18.3 Å². The molecule has 3 N–H and O–H groups in total. The fraction of sp³-hybridized carbons (Fsp3) is 0.417. The van der Waals surface area contributed by atoms with Crippen LogP contribution < -0.4 is 20.1 Å². The second-order valence-corrected chi connectivity index (χ2v) is 8.68. The number of rotatable bonds is 5. The molecule has 2 saturated heterocycles. The maximum atomic E-state index is 13.2. The fourth-order valence-electron chi connectivity index (χ4n) is 4.58. The van der Waals surface area contributed by atoms with Crippen molar-refractivity contribution in [2.75, 3.05) is 63.4 Å². The Hall–Kier alpha value is -4.08. The summed E-state index contributed by atoms with van der Waals surface area (Å²) in [6.07, 6.45) is 2.46. The number of hydrogen-bond donors (Lipinski definition) is 3. The summed E-state index contributed by atoms with van der Waals surface area (Å²) in [7, 11) is 0. The molecular formula is C24H25N7O5. The molecule has 36 heavy (non-hydrogen) atoms. The predicted molar refractivity (Wildman–Crippen MR) is 129 cm³/mol. The van der Waals surface area contributed by atoms with Crippen molar-refractivity contribution in [2.24, 2.45) is 0 Å². The Kier molecular flexibility index (Phi) is 5.92. The highest BCUT2D eigenvalue weighted by Gasteiger charge is 2.28. The first-order valence-electron chi connectivity index (χ1n) is 11.9. The van der Waals surface area contributed by atoms with Gasteiger partial charge in [0.05, 0.1) is 48.1 Å². The minimum absolute atomic E-state index is 0.0902. The van der Waals surface area contributed by atoms with Gasteiger partial charge in [-0.25, -0.2) is 0 Å². The van der Waals surface area contributed by atoms with Gasteiger partial charge in [0.1, 0.15) is 30.7 Å². The van der Waals surface area contributed by atoms with Crippen LogP contribution >= 0.6 is 0 Å². The van der Waals surface area contributed by atoms with Gasteiger partial charge in [-0.3, -0.25) is 4.79 Å². The summed E-state index contributed by atoms with van der Waals surface area (Å²) in [5.41, 5.74) is 2.00. The maximum absolute atomic E-state index is 13.2. The molecule has 5 heterocycles. The van der Waals surface area contributed by atoms with Gasteiger partial charge in [-0.1, -0.05) is 0 Å². The largest absolute Gasteiger partial charge is 0.485 e. The molecule has 1 atom stereocenters. The van der Waals surface area contributed by atoms with E-state index in [4.69, 9.17) is 18.9 Å². The Morgan fingerprint density at radius 3 is 2.69 bits per heavy atom. The highest BCUT2D eigenvalue weighted by atomic mass is 16.6. The summed E-state index contributed by atoms with van der Waals surface area (Å²) >= 11 is 0. The van der Waals surface area contributed by atoms with Crippen LogP contribution in [0.1, 0.15) is 22.3 Å². The molecule has 2 fully saturated rings. The molecule has 3 aliphatic rings. The van der Waals surface area contributed by atoms with Gasteiger partial charge in [0.15, 0.2) is 11.5 Å². The van der Waals surface area contributed by atoms with Crippen molar-refractivity contribution < 1.29 is 23.7 Å². The molecule has 0 aliphatic carbocycles. The van der Waals surface area contributed by atoms with Crippen molar-refractivity contribution >= 4 is 34.4 Å². The molecule has 12 heteroatoms. The minimum Gasteiger partial charge on any atom is -0.485 e. The minimum atomic E-state index is -0.120. The fourth-order valence-corrected chi connectivity index (χ4v) is 4.58. The normalized spacial score (nSPS) is 19.2. The number of aromatic nitrogens is 3. The molecule has 12 nitrogen and oxygen atoms in total. The zero-order chi connectivity index (χ0) is 24.5. The predicted octanol–water partition coefficient (Wildman–Crippen LogP) is 2.02. The van der Waals surface area contributed by atoms with Crippen molar-refractivity contribution in [1.29, 1.82) is 5.26 Å². The summed E-state index contributed by atoms with van der Waals surface area (Å²) in [5, 5.41) is 16.8. The number of amides is 1. The van der Waals surface area contributed by atoms with Crippen molar-refractivity contribution in [3.8, 4) is 17.6 Å². The van der Waals surface area contributed by atoms with E-state index in [1.54, 1.807) is 23.2 Å². The molecule has 6 rings (SSSR count). The van der Waals surface area contributed by atoms with Gasteiger partial charge in [-0.2, -0.15) is 15.2 Å². The first-order chi connectivity index (χ1) is 17.7. The highest BCUT2D eigenvalue weighted by Crippen LogP contribution is 2.42. The van der Waals surface area contributed by atoms with Gasteiger partial charge in [-0.15, -0.1) is 0 Å². The Morgan fingerprint density at radius 1 is 1.08 bits per heavy atom. The third-order valence-corrected chi connectivity index (χ3v) is 6.39. The summed E-state index contributed by atoms with van der Waals surface area (Å²) in [6, 6.07) is 5.77. The van der Waals surface area contributed by atoms with Gasteiger partial charge < -0.3 is 39.5 Å². The summed E-state index contributed by atoms with van der Waals surface area (Å²) in [5.74, 6) is 1.56. The van der Waals surface area contributed by atoms with Crippen molar-refractivity contribution in [3.05, 3.63) is 29.5 Å². The maximum Gasteiger partial charge on any atom is 0.257 e. The lowest BCUT2D eigenvalue weighted by molar-refractivity contribution is 0.0298. The lowest BCUT2D eigenvalue weighted by Gasteiger charge is -2.29. The zero-order valence-corrected chi connectivity index (χ0v) is 19.5. The number of fused-ring (bicyclic) bond motifs is 2. The van der Waals surface area contributed by atoms with E-state index in [1.807, 2.05) is 0 Å². The average Bonchev–Trinajstić information content (AvgIpc) is 3.59. The Balaban J connectivity index is 1.35. The third kappa shape index (κ3) is 4.12. The van der Waals surface area contributed by atoms with Crippen LogP contribution in [-0.4, -0.2) is 84.5 Å². The number of carbonyl (C=O) groups excluding carboxylic acids is 1. The number of carbonyl (C=O) groups is 1. The summed E-state index contributed by atoms with van der Waals surface area (Å²) in [4.78, 5) is 27.2. The van der Waals surface area contributed by atoms with Crippen LogP contribution in [0.25, 0.3) is 11.0 Å². The van der Waals surface area contributed by atoms with Gasteiger partial charge in [0.2, 0.25) is 5.95 Å². The van der Waals surface area contributed by atoms with E-state index in [9.17, 15) is 10.1 Å². The van der Waals surface area contributed by atoms with E-state index in [0.29, 0.717) is 104 Å². The monoisotopic (exact) mass is 491 g/mol. The highest BCUT2D eigenvalue weighted by molar-refractivity contribution is 5.99. The van der Waals surface area contributed by atoms with Crippen LogP contribution in [0.4, 0.5) is 17.5 Å². The number of hydrogen-bond acceptors (Lipinski definition) is 10. The number of aromatic amines is 1. The molecular weight excluding hydrogens is 466 g/mol. The Morgan fingerprint density at radius 2 is 1.92 bits per heavy atom. The van der Waals surface area contributed by atoms with Crippen molar-refractivity contribution in [2.45, 2.75) is 12.5 Å². The van der Waals surface area contributed by atoms with Crippen LogP contribution in [0.5, 0.6) is 11.5 Å². The van der Waals surface area contributed by atoms with E-state index in [1.165, 1.54) is 0 Å². The second kappa shape index (κ2) is 9.52. The van der Waals surface area contributed by atoms with Crippen LogP contribution in [0, 0.1) is 11.3 Å². The molecule has 0 bridgehead atoms. The van der Waals surface area contributed by atoms with E-state index in [-0.39, 0.29) is 11.9 Å². The first kappa shape index (κ1) is 22.4. The van der Waals surface area contributed by atoms with E-state index >= 15 is 0 Å². The number of anilines is 3. The average molecular weight is 492 g/mol. The van der Waals surface area contributed by atoms with Gasteiger partial charge in [-0.05, 0) is 18.6 Å². The number of benzene rings is 1. The smallest absolute Gasteiger partial charge is 0.257 e. The standard InChI is InChI=1S/C24H25N7O5/c25-11-14-12-26-21-18(14)22(27-15-3-6-34-13-15)30-24(29-21)28-17-2-1-16(19-20(17)36-10-9-35-19)23(32)31-4-7-33-8-5-31/h1-2,12,15H,3-10,13H2,(H3,26,27,28,29,30)/t15-/m0/s1. The molecule has 186 valence electrons. The van der Waals surface area contributed by atoms with Gasteiger partial charge in [0.25, 0.3) is 5.91 Å². The topological polar surface area (TPSA) is 147 Å². The molecule has 2 aromatic heterocycles. The number of ether oxygens (including phenoxy) is 4. The molecule has 0 saturated carbocycles. The van der Waals surface area contributed by atoms with Gasteiger partial charge >= 0.3 is 0 Å². The molecule has 0 spiro atoms. The molecule has 3 aromatic rings. The van der Waals surface area contributed by atoms with E-state index in [0.717, 1.165) is 6.42 Å². The Bertz CT molecular complexity index is 1340. The third-order valence-electron chi connectivity index (χ3n) is 6.39. The molecule has 0 radical (unpaired) electrons. The second-order valence-electron chi connectivity index (χ2n) is 8.68. The quantitative estimate of drug-likeness (QED) is 0.484. The lowest BCUT2D eigenvalue weighted by Crippen LogP contribution is -2.41. The van der Waals surface area contributed by atoms with Crippen LogP contribution in [-0.2, 0) is 9.47 Å². The van der Waals surface area contributed by atoms with E-state index < -0.39 is 0 Å². The lowest BCUT2D eigenvalue weighted by atomic mass is 10.1.